The maximum Gasteiger partial charge on any atom is 0.246 e. The fourth-order valence-electron chi connectivity index (χ4n) is 1.57. The van der Waals surface area contributed by atoms with Crippen molar-refractivity contribution in [1.29, 1.82) is 0 Å². The zero-order chi connectivity index (χ0) is 13.1. The summed E-state index contributed by atoms with van der Waals surface area (Å²) in [5.74, 6) is 0.250. The van der Waals surface area contributed by atoms with Gasteiger partial charge in [0.15, 0.2) is 5.76 Å². The van der Waals surface area contributed by atoms with Crippen molar-refractivity contribution in [2.75, 3.05) is 6.54 Å². The molecule has 2 N–H and O–H groups in total. The maximum absolute atomic E-state index is 11.9. The number of aryl methyl sites for hydroxylation is 2. The van der Waals surface area contributed by atoms with E-state index in [4.69, 9.17) is 4.52 Å². The fraction of sp³-hybridized carbons (Fsp3) is 0.700. The van der Waals surface area contributed by atoms with E-state index in [1.54, 1.807) is 6.92 Å². The molecule has 0 radical (unpaired) electrons. The number of hydrogen-bond donors (Lipinski definition) is 2. The van der Waals surface area contributed by atoms with Crippen LogP contribution in [0.4, 0.5) is 0 Å². The summed E-state index contributed by atoms with van der Waals surface area (Å²) in [6.07, 6.45) is 0.688. The van der Waals surface area contributed by atoms with Gasteiger partial charge in [0.2, 0.25) is 10.0 Å². The third-order valence-corrected chi connectivity index (χ3v) is 4.03. The molecule has 0 aliphatic rings. The van der Waals surface area contributed by atoms with Gasteiger partial charge in [-0.2, -0.15) is 0 Å². The number of hydrogen-bond acceptors (Lipinski definition) is 5. The summed E-state index contributed by atoms with van der Waals surface area (Å²) in [6.45, 7) is 5.02. The monoisotopic (exact) mass is 262 g/mol. The first-order chi connectivity index (χ1) is 7.88. The van der Waals surface area contributed by atoms with Crippen LogP contribution in [0.25, 0.3) is 0 Å². The van der Waals surface area contributed by atoms with Crippen molar-refractivity contribution in [3.05, 3.63) is 11.5 Å². The molecule has 0 saturated carbocycles. The molecule has 98 valence electrons. The van der Waals surface area contributed by atoms with Gasteiger partial charge >= 0.3 is 0 Å². The lowest BCUT2D eigenvalue weighted by Gasteiger charge is -2.10. The predicted molar refractivity (Wildman–Crippen MR) is 62.1 cm³/mol. The lowest BCUT2D eigenvalue weighted by Crippen LogP contribution is -2.32. The molecule has 1 aromatic rings. The molecule has 1 aromatic heterocycles. The van der Waals surface area contributed by atoms with E-state index in [1.165, 1.54) is 6.92 Å². The normalized spacial score (nSPS) is 13.9. The Labute approximate surface area is 101 Å². The number of rotatable bonds is 6. The SMILES string of the molecule is CCCC(O)CNS(=O)(=O)c1c(C)noc1C. The van der Waals surface area contributed by atoms with Gasteiger partial charge in [-0.05, 0) is 20.3 Å². The van der Waals surface area contributed by atoms with E-state index in [2.05, 4.69) is 9.88 Å². The van der Waals surface area contributed by atoms with Crippen molar-refractivity contribution in [1.82, 2.24) is 9.88 Å². The summed E-state index contributed by atoms with van der Waals surface area (Å²) in [4.78, 5) is 0.0567. The smallest absolute Gasteiger partial charge is 0.246 e. The van der Waals surface area contributed by atoms with Gasteiger partial charge in [-0.15, -0.1) is 0 Å². The largest absolute Gasteiger partial charge is 0.392 e. The predicted octanol–water partition coefficient (Wildman–Crippen LogP) is 0.731. The summed E-state index contributed by atoms with van der Waals surface area (Å²) in [6, 6.07) is 0. The Morgan fingerprint density at radius 2 is 2.12 bits per heavy atom. The Balaban J connectivity index is 2.76. The Kier molecular flexibility index (Phi) is 4.67. The van der Waals surface area contributed by atoms with Gasteiger partial charge in [0.1, 0.15) is 10.6 Å². The summed E-state index contributed by atoms with van der Waals surface area (Å²) >= 11 is 0. The number of aromatic nitrogens is 1. The van der Waals surface area contributed by atoms with Crippen molar-refractivity contribution in [2.45, 2.75) is 44.6 Å². The van der Waals surface area contributed by atoms with Crippen LogP contribution >= 0.6 is 0 Å². The van der Waals surface area contributed by atoms with Gasteiger partial charge < -0.3 is 9.63 Å². The van der Waals surface area contributed by atoms with E-state index in [-0.39, 0.29) is 17.2 Å². The summed E-state index contributed by atoms with van der Waals surface area (Å²) in [5.41, 5.74) is 0.319. The third-order valence-electron chi connectivity index (χ3n) is 2.37. The quantitative estimate of drug-likeness (QED) is 0.788. The van der Waals surface area contributed by atoms with Crippen molar-refractivity contribution < 1.29 is 18.0 Å². The second-order valence-corrected chi connectivity index (χ2v) is 5.65. The average molecular weight is 262 g/mol. The highest BCUT2D eigenvalue weighted by Crippen LogP contribution is 2.18. The number of aliphatic hydroxyl groups is 1. The molecule has 1 rings (SSSR count). The highest BCUT2D eigenvalue weighted by Gasteiger charge is 2.24. The van der Waals surface area contributed by atoms with Crippen LogP contribution in [0.3, 0.4) is 0 Å². The molecule has 0 aliphatic heterocycles. The summed E-state index contributed by atoms with van der Waals surface area (Å²) in [7, 11) is -3.66. The van der Waals surface area contributed by atoms with Gasteiger partial charge in [0.25, 0.3) is 0 Å². The van der Waals surface area contributed by atoms with E-state index in [1.807, 2.05) is 6.92 Å². The van der Waals surface area contributed by atoms with E-state index in [0.717, 1.165) is 6.42 Å². The molecule has 0 bridgehead atoms. The van der Waals surface area contributed by atoms with Gasteiger partial charge in [-0.3, -0.25) is 0 Å². The topological polar surface area (TPSA) is 92.4 Å². The van der Waals surface area contributed by atoms with Crippen molar-refractivity contribution in [3.8, 4) is 0 Å². The number of sulfonamides is 1. The molecule has 0 aromatic carbocycles. The maximum atomic E-state index is 11.9. The first kappa shape index (κ1) is 14.1. The molecule has 1 atom stereocenters. The lowest BCUT2D eigenvalue weighted by molar-refractivity contribution is 0.167. The Morgan fingerprint density at radius 1 is 1.47 bits per heavy atom. The minimum Gasteiger partial charge on any atom is -0.392 e. The molecule has 7 heteroatoms. The molecule has 0 saturated heterocycles. The highest BCUT2D eigenvalue weighted by atomic mass is 32.2. The zero-order valence-electron chi connectivity index (χ0n) is 10.2. The number of nitrogens with one attached hydrogen (secondary N) is 1. The van der Waals surface area contributed by atoms with Crippen LogP contribution < -0.4 is 4.72 Å². The van der Waals surface area contributed by atoms with Gasteiger partial charge in [0, 0.05) is 6.54 Å². The van der Waals surface area contributed by atoms with Crippen molar-refractivity contribution in [3.63, 3.8) is 0 Å². The first-order valence-corrected chi connectivity index (χ1v) is 6.97. The van der Waals surface area contributed by atoms with Gasteiger partial charge in [-0.25, -0.2) is 13.1 Å². The molecule has 6 nitrogen and oxygen atoms in total. The molecule has 0 aliphatic carbocycles. The van der Waals surface area contributed by atoms with Crippen LogP contribution in [-0.4, -0.2) is 31.3 Å². The Morgan fingerprint density at radius 3 is 2.59 bits per heavy atom. The minimum atomic E-state index is -3.66. The zero-order valence-corrected chi connectivity index (χ0v) is 11.0. The van der Waals surface area contributed by atoms with Crippen LogP contribution in [0.2, 0.25) is 0 Å². The number of aliphatic hydroxyl groups excluding tert-OH is 1. The summed E-state index contributed by atoms with van der Waals surface area (Å²) in [5, 5.41) is 13.1. The van der Waals surface area contributed by atoms with Crippen LogP contribution in [0.15, 0.2) is 9.42 Å². The van der Waals surface area contributed by atoms with E-state index >= 15 is 0 Å². The molecule has 0 fully saturated rings. The molecule has 1 unspecified atom stereocenters. The Hall–Kier alpha value is -0.920. The molecular weight excluding hydrogens is 244 g/mol. The van der Waals surface area contributed by atoms with Crippen LogP contribution in [-0.2, 0) is 10.0 Å². The second kappa shape index (κ2) is 5.61. The van der Waals surface area contributed by atoms with E-state index < -0.39 is 16.1 Å². The molecule has 0 spiro atoms. The molecule has 0 amide bonds. The summed E-state index contributed by atoms with van der Waals surface area (Å²) < 4.78 is 31.0. The Bertz CT molecular complexity index is 447. The van der Waals surface area contributed by atoms with E-state index in [9.17, 15) is 13.5 Å². The van der Waals surface area contributed by atoms with Crippen LogP contribution in [0, 0.1) is 13.8 Å². The van der Waals surface area contributed by atoms with Gasteiger partial charge in [-0.1, -0.05) is 18.5 Å². The third kappa shape index (κ3) is 3.52. The minimum absolute atomic E-state index is 0.000231. The van der Waals surface area contributed by atoms with Crippen LogP contribution in [0.1, 0.15) is 31.2 Å². The van der Waals surface area contributed by atoms with Crippen molar-refractivity contribution in [2.24, 2.45) is 0 Å². The second-order valence-electron chi connectivity index (χ2n) is 3.95. The molecule has 1 heterocycles. The van der Waals surface area contributed by atoms with E-state index in [0.29, 0.717) is 12.1 Å². The van der Waals surface area contributed by atoms with Crippen LogP contribution in [0.5, 0.6) is 0 Å². The number of nitrogens with zero attached hydrogens (tertiary/aromatic N) is 1. The molecule has 17 heavy (non-hydrogen) atoms. The first-order valence-electron chi connectivity index (χ1n) is 5.49. The van der Waals surface area contributed by atoms with Gasteiger partial charge in [0.05, 0.1) is 6.10 Å². The molecular formula is C10H18N2O4S. The lowest BCUT2D eigenvalue weighted by atomic mass is 10.2. The highest BCUT2D eigenvalue weighted by molar-refractivity contribution is 7.89. The average Bonchev–Trinajstić information content (AvgIpc) is 2.57. The fourth-order valence-corrected chi connectivity index (χ4v) is 2.97. The standard InChI is InChI=1S/C10H18N2O4S/c1-4-5-9(13)6-11-17(14,15)10-7(2)12-16-8(10)3/h9,11,13H,4-6H2,1-3H3. The van der Waals surface area contributed by atoms with Crippen molar-refractivity contribution >= 4 is 10.0 Å².